The molecule has 0 aliphatic heterocycles. The van der Waals surface area contributed by atoms with Gasteiger partial charge in [-0.05, 0) is 22.3 Å². The summed E-state index contributed by atoms with van der Waals surface area (Å²) < 4.78 is 5.35. The number of hydrogen-bond acceptors (Lipinski definition) is 5. The number of Topliss-reactive ketones (excluding diaryl/α,β-unsaturated/α-hetero) is 1. The van der Waals surface area contributed by atoms with Gasteiger partial charge >= 0.3 is 12.1 Å². The summed E-state index contributed by atoms with van der Waals surface area (Å²) in [6, 6.07) is 14.3. The maximum Gasteiger partial charge on any atom is 0.407 e. The van der Waals surface area contributed by atoms with Crippen molar-refractivity contribution in [1.82, 2.24) is 5.32 Å². The van der Waals surface area contributed by atoms with E-state index in [2.05, 4.69) is 11.2 Å². The number of fused-ring (bicyclic) bond motifs is 3. The van der Waals surface area contributed by atoms with Gasteiger partial charge in [0, 0.05) is 29.1 Å². The molecule has 1 aliphatic carbocycles. The van der Waals surface area contributed by atoms with Gasteiger partial charge in [-0.2, -0.15) is 0 Å². The van der Waals surface area contributed by atoms with E-state index in [1.165, 1.54) is 0 Å². The van der Waals surface area contributed by atoms with Gasteiger partial charge in [0.2, 0.25) is 5.78 Å². The SMILES string of the molecule is C[S+](C)C(=C=N)C(=O)C[C@@H](NC(=O)OCC1c2ccccc2-c2ccccc21)C(=O)O. The molecule has 0 saturated heterocycles. The summed E-state index contributed by atoms with van der Waals surface area (Å²) >= 11 is 0. The van der Waals surface area contributed by atoms with Crippen LogP contribution < -0.4 is 5.32 Å². The average Bonchev–Trinajstić information content (AvgIpc) is 3.06. The fraction of sp³-hybridized carbons (Fsp3) is 0.261. The number of rotatable bonds is 8. The van der Waals surface area contributed by atoms with Crippen molar-refractivity contribution in [1.29, 1.82) is 5.41 Å². The number of carboxylic acid groups (broad SMARTS) is 1. The van der Waals surface area contributed by atoms with Crippen molar-refractivity contribution in [3.05, 3.63) is 64.6 Å². The van der Waals surface area contributed by atoms with E-state index < -0.39 is 41.2 Å². The first kappa shape index (κ1) is 22.3. The molecule has 1 atom stereocenters. The lowest BCUT2D eigenvalue weighted by molar-refractivity contribution is -0.140. The first-order valence-electron chi connectivity index (χ1n) is 9.58. The summed E-state index contributed by atoms with van der Waals surface area (Å²) in [5.74, 6) is 0.0360. The topological polar surface area (TPSA) is 117 Å². The number of allylic oxidation sites excluding steroid dienone is 1. The van der Waals surface area contributed by atoms with Gasteiger partial charge in [-0.25, -0.2) is 9.59 Å². The van der Waals surface area contributed by atoms with Crippen LogP contribution in [-0.4, -0.2) is 54.0 Å². The summed E-state index contributed by atoms with van der Waals surface area (Å²) in [7, 11) is -0.542. The maximum absolute atomic E-state index is 12.3. The Bertz CT molecular complexity index is 1030. The van der Waals surface area contributed by atoms with E-state index in [9.17, 15) is 19.5 Å². The Hall–Kier alpha value is -3.35. The van der Waals surface area contributed by atoms with Crippen LogP contribution in [0.5, 0.6) is 0 Å². The highest BCUT2D eigenvalue weighted by Crippen LogP contribution is 2.44. The number of carbonyl (C=O) groups is 3. The third-order valence-corrected chi connectivity index (χ3v) is 6.24. The zero-order valence-corrected chi connectivity index (χ0v) is 18.0. The van der Waals surface area contributed by atoms with Crippen molar-refractivity contribution in [3.63, 3.8) is 0 Å². The molecule has 1 amide bonds. The van der Waals surface area contributed by atoms with Gasteiger partial charge in [0.05, 0.1) is 0 Å². The number of ether oxygens (including phenoxy) is 1. The molecular formula is C23H23N2O5S+. The number of alkyl carbamates (subject to hydrolysis) is 1. The highest BCUT2D eigenvalue weighted by Gasteiger charge is 2.32. The molecule has 31 heavy (non-hydrogen) atoms. The monoisotopic (exact) mass is 439 g/mol. The van der Waals surface area contributed by atoms with E-state index in [1.807, 2.05) is 48.5 Å². The number of ketones is 1. The van der Waals surface area contributed by atoms with Crippen molar-refractivity contribution in [2.75, 3.05) is 19.1 Å². The minimum Gasteiger partial charge on any atom is -0.480 e. The van der Waals surface area contributed by atoms with Crippen LogP contribution in [0.15, 0.2) is 53.4 Å². The summed E-state index contributed by atoms with van der Waals surface area (Å²) in [5.41, 5.74) is 4.25. The Balaban J connectivity index is 1.67. The van der Waals surface area contributed by atoms with Gasteiger partial charge in [-0.15, -0.1) is 0 Å². The van der Waals surface area contributed by atoms with E-state index in [4.69, 9.17) is 10.1 Å². The van der Waals surface area contributed by atoms with E-state index in [1.54, 1.807) is 12.5 Å². The van der Waals surface area contributed by atoms with Gasteiger partial charge in [-0.3, -0.25) is 10.2 Å². The van der Waals surface area contributed by atoms with Crippen LogP contribution in [0.2, 0.25) is 0 Å². The van der Waals surface area contributed by atoms with E-state index >= 15 is 0 Å². The molecule has 0 saturated carbocycles. The van der Waals surface area contributed by atoms with E-state index in [0.717, 1.165) is 22.3 Å². The molecule has 0 fully saturated rings. The second-order valence-electron chi connectivity index (χ2n) is 7.26. The highest BCUT2D eigenvalue weighted by molar-refractivity contribution is 8.00. The largest absolute Gasteiger partial charge is 0.480 e. The smallest absolute Gasteiger partial charge is 0.407 e. The van der Waals surface area contributed by atoms with Crippen molar-refractivity contribution < 1.29 is 24.2 Å². The van der Waals surface area contributed by atoms with Crippen molar-refractivity contribution >= 4 is 34.6 Å². The van der Waals surface area contributed by atoms with E-state index in [0.29, 0.717) is 0 Å². The molecule has 0 bridgehead atoms. The quantitative estimate of drug-likeness (QED) is 0.332. The number of hydrogen-bond donors (Lipinski definition) is 3. The molecule has 3 N–H and O–H groups in total. The molecule has 2 aromatic carbocycles. The number of carboxylic acids is 1. The minimum absolute atomic E-state index is 0.0408. The summed E-state index contributed by atoms with van der Waals surface area (Å²) in [4.78, 5) is 36.3. The molecule has 160 valence electrons. The Morgan fingerprint density at radius 2 is 1.65 bits per heavy atom. The van der Waals surface area contributed by atoms with Crippen LogP contribution in [0.25, 0.3) is 11.1 Å². The van der Waals surface area contributed by atoms with Crippen LogP contribution in [0.3, 0.4) is 0 Å². The van der Waals surface area contributed by atoms with Gasteiger partial charge in [0.25, 0.3) is 4.91 Å². The lowest BCUT2D eigenvalue weighted by atomic mass is 9.98. The molecule has 0 unspecified atom stereocenters. The molecule has 0 radical (unpaired) electrons. The molecular weight excluding hydrogens is 416 g/mol. The molecule has 8 heteroatoms. The number of amides is 1. The second-order valence-corrected chi connectivity index (χ2v) is 9.30. The third-order valence-electron chi connectivity index (χ3n) is 5.10. The fourth-order valence-corrected chi connectivity index (χ4v) is 4.40. The standard InChI is InChI=1S/C23H22N2O5S/c1-31(2)21(12-24)20(26)11-19(22(27)28)25-23(29)30-13-18-16-9-5-3-7-14(16)15-8-4-6-10-17(15)18/h3-10,18-19,24H,11,13H2,1-2H3,(H-,25,27,28,29)/p+1/t19-/m1/s1. The highest BCUT2D eigenvalue weighted by atomic mass is 32.2. The first-order valence-corrected chi connectivity index (χ1v) is 11.6. The van der Waals surface area contributed by atoms with Crippen molar-refractivity contribution in [2.24, 2.45) is 0 Å². The molecule has 0 spiro atoms. The predicted octanol–water partition coefficient (Wildman–Crippen LogP) is 2.95. The van der Waals surface area contributed by atoms with Crippen LogP contribution in [0.1, 0.15) is 23.5 Å². The first-order chi connectivity index (χ1) is 14.8. The molecule has 0 aromatic heterocycles. The number of aliphatic carboxylic acids is 1. The zero-order chi connectivity index (χ0) is 22.5. The Kier molecular flexibility index (Phi) is 6.95. The Morgan fingerprint density at radius 1 is 1.10 bits per heavy atom. The van der Waals surface area contributed by atoms with Gasteiger partial charge in [0.1, 0.15) is 25.2 Å². The normalized spacial score (nSPS) is 13.0. The van der Waals surface area contributed by atoms with Crippen LogP contribution in [0, 0.1) is 5.41 Å². The molecule has 3 rings (SSSR count). The molecule has 7 nitrogen and oxygen atoms in total. The lowest BCUT2D eigenvalue weighted by Gasteiger charge is -2.17. The number of carbonyl (C=O) groups excluding carboxylic acids is 2. The number of benzene rings is 2. The average molecular weight is 440 g/mol. The second kappa shape index (κ2) is 9.64. The predicted molar refractivity (Wildman–Crippen MR) is 120 cm³/mol. The summed E-state index contributed by atoms with van der Waals surface area (Å²) in [5, 5.41) is 18.9. The van der Waals surface area contributed by atoms with Crippen LogP contribution in [0.4, 0.5) is 4.79 Å². The van der Waals surface area contributed by atoms with Crippen molar-refractivity contribution in [2.45, 2.75) is 18.4 Å². The van der Waals surface area contributed by atoms with Crippen molar-refractivity contribution in [3.8, 4) is 11.1 Å². The summed E-state index contributed by atoms with van der Waals surface area (Å²) in [6.07, 6.45) is 2.10. The maximum atomic E-state index is 12.3. The molecule has 0 heterocycles. The van der Waals surface area contributed by atoms with Gasteiger partial charge in [0.15, 0.2) is 0 Å². The number of nitrogens with one attached hydrogen (secondary N) is 2. The lowest BCUT2D eigenvalue weighted by Crippen LogP contribution is -2.43. The van der Waals surface area contributed by atoms with Crippen LogP contribution in [-0.2, 0) is 25.2 Å². The van der Waals surface area contributed by atoms with E-state index in [-0.39, 0.29) is 17.4 Å². The molecule has 2 aromatic rings. The Morgan fingerprint density at radius 3 is 2.13 bits per heavy atom. The van der Waals surface area contributed by atoms with Gasteiger partial charge in [-0.1, -0.05) is 48.5 Å². The third kappa shape index (κ3) is 4.87. The minimum atomic E-state index is -1.45. The van der Waals surface area contributed by atoms with Crippen LogP contribution >= 0.6 is 0 Å². The molecule has 1 aliphatic rings. The van der Waals surface area contributed by atoms with Gasteiger partial charge < -0.3 is 15.2 Å². The zero-order valence-electron chi connectivity index (χ0n) is 17.2. The fourth-order valence-electron chi connectivity index (χ4n) is 3.66. The summed E-state index contributed by atoms with van der Waals surface area (Å²) in [6.45, 7) is 0.0408. The Labute approximate surface area is 183 Å².